The maximum atomic E-state index is 13.0. The number of nitrogens with zero attached hydrogens (tertiary/aromatic N) is 1. The summed E-state index contributed by atoms with van der Waals surface area (Å²) in [6, 6.07) is 13.4. The maximum absolute atomic E-state index is 13.0. The number of sulfonamides is 1. The first-order valence-corrected chi connectivity index (χ1v) is 11.9. The van der Waals surface area contributed by atoms with Gasteiger partial charge in [0.2, 0.25) is 10.0 Å². The van der Waals surface area contributed by atoms with Gasteiger partial charge in [-0.25, -0.2) is 8.42 Å². The summed E-state index contributed by atoms with van der Waals surface area (Å²) in [6.07, 6.45) is 1.03. The highest BCUT2D eigenvalue weighted by Crippen LogP contribution is 2.27. The molecule has 1 N–H and O–H groups in total. The molecule has 1 aliphatic rings. The number of piperidine rings is 1. The average Bonchev–Trinajstić information content (AvgIpc) is 2.76. The van der Waals surface area contributed by atoms with E-state index in [4.69, 9.17) is 9.47 Å². The van der Waals surface area contributed by atoms with Gasteiger partial charge in [-0.3, -0.25) is 4.79 Å². The van der Waals surface area contributed by atoms with Crippen molar-refractivity contribution in [3.8, 4) is 11.5 Å². The number of carbonyl (C=O) groups excluding carboxylic acids is 1. The predicted octanol–water partition coefficient (Wildman–Crippen LogP) is 3.17. The summed E-state index contributed by atoms with van der Waals surface area (Å²) in [5.74, 6) is 1.62. The molecule has 0 aliphatic carbocycles. The molecule has 1 fully saturated rings. The number of nitrogens with one attached hydrogen (secondary N) is 1. The Balaban J connectivity index is 1.55. The summed E-state index contributed by atoms with van der Waals surface area (Å²) in [5, 5.41) is 2.78. The van der Waals surface area contributed by atoms with E-state index in [2.05, 4.69) is 19.2 Å². The Morgan fingerprint density at radius 2 is 1.65 bits per heavy atom. The predicted molar refractivity (Wildman–Crippen MR) is 119 cm³/mol. The minimum absolute atomic E-state index is 0.213. The van der Waals surface area contributed by atoms with Crippen molar-refractivity contribution in [2.45, 2.75) is 25.2 Å². The lowest BCUT2D eigenvalue weighted by Gasteiger charge is -2.34. The summed E-state index contributed by atoms with van der Waals surface area (Å²) in [7, 11) is -1.99. The second-order valence-corrected chi connectivity index (χ2v) is 9.99. The highest BCUT2D eigenvalue weighted by molar-refractivity contribution is 7.89. The van der Waals surface area contributed by atoms with E-state index in [1.807, 2.05) is 12.1 Å². The molecule has 0 spiro atoms. The van der Waals surface area contributed by atoms with Crippen molar-refractivity contribution in [3.63, 3.8) is 0 Å². The van der Waals surface area contributed by atoms with Crippen LogP contribution in [0, 0.1) is 11.8 Å². The summed E-state index contributed by atoms with van der Waals surface area (Å²) >= 11 is 0. The minimum atomic E-state index is -3.56. The zero-order valence-electron chi connectivity index (χ0n) is 18.2. The van der Waals surface area contributed by atoms with Gasteiger partial charge in [0.1, 0.15) is 6.61 Å². The van der Waals surface area contributed by atoms with Crippen molar-refractivity contribution in [2.75, 3.05) is 33.4 Å². The van der Waals surface area contributed by atoms with Crippen LogP contribution in [0.4, 0.5) is 0 Å². The van der Waals surface area contributed by atoms with Gasteiger partial charge in [-0.15, -0.1) is 0 Å². The van der Waals surface area contributed by atoms with Crippen molar-refractivity contribution >= 4 is 15.9 Å². The van der Waals surface area contributed by atoms with Gasteiger partial charge >= 0.3 is 0 Å². The summed E-state index contributed by atoms with van der Waals surface area (Å²) in [6.45, 7) is 5.79. The molecule has 1 heterocycles. The fourth-order valence-corrected chi connectivity index (χ4v) is 5.57. The molecule has 0 bridgehead atoms. The van der Waals surface area contributed by atoms with Gasteiger partial charge in [0.15, 0.2) is 11.5 Å². The molecule has 3 rings (SSSR count). The molecule has 1 aliphatic heterocycles. The number of hydrogen-bond donors (Lipinski definition) is 1. The number of benzene rings is 2. The molecular weight excluding hydrogens is 416 g/mol. The van der Waals surface area contributed by atoms with E-state index in [9.17, 15) is 13.2 Å². The monoisotopic (exact) mass is 446 g/mol. The van der Waals surface area contributed by atoms with Gasteiger partial charge in [-0.1, -0.05) is 26.0 Å². The number of ether oxygens (including phenoxy) is 2. The SMILES string of the molecule is COc1ccccc1OCCNC(=O)c1ccc(S(=O)(=O)N2CC(C)CC(C)C2)cc1. The third-order valence-corrected chi connectivity index (χ3v) is 7.15. The van der Waals surface area contributed by atoms with Gasteiger partial charge in [0.05, 0.1) is 18.6 Å². The lowest BCUT2D eigenvalue weighted by molar-refractivity contribution is 0.0946. The van der Waals surface area contributed by atoms with Crippen LogP contribution in [-0.4, -0.2) is 52.0 Å². The average molecular weight is 447 g/mol. The molecule has 2 atom stereocenters. The topological polar surface area (TPSA) is 84.9 Å². The Kier molecular flexibility index (Phi) is 7.56. The van der Waals surface area contributed by atoms with Crippen LogP contribution in [-0.2, 0) is 10.0 Å². The van der Waals surface area contributed by atoms with E-state index in [0.29, 0.717) is 48.5 Å². The highest BCUT2D eigenvalue weighted by Gasteiger charge is 2.31. The molecule has 2 unspecified atom stereocenters. The van der Waals surface area contributed by atoms with Crippen molar-refractivity contribution in [1.82, 2.24) is 9.62 Å². The first-order chi connectivity index (χ1) is 14.8. The summed E-state index contributed by atoms with van der Waals surface area (Å²) in [4.78, 5) is 12.6. The molecule has 0 saturated carbocycles. The maximum Gasteiger partial charge on any atom is 0.251 e. The van der Waals surface area contributed by atoms with Gasteiger partial charge < -0.3 is 14.8 Å². The number of amides is 1. The molecule has 168 valence electrons. The highest BCUT2D eigenvalue weighted by atomic mass is 32.2. The molecular formula is C23H30N2O5S. The van der Waals surface area contributed by atoms with Crippen LogP contribution in [0.2, 0.25) is 0 Å². The summed E-state index contributed by atoms with van der Waals surface area (Å²) in [5.41, 5.74) is 0.400. The molecule has 1 amide bonds. The van der Waals surface area contributed by atoms with Crippen LogP contribution in [0.25, 0.3) is 0 Å². The molecule has 1 saturated heterocycles. The van der Waals surface area contributed by atoms with E-state index in [-0.39, 0.29) is 17.4 Å². The van der Waals surface area contributed by atoms with Crippen molar-refractivity contribution in [3.05, 3.63) is 54.1 Å². The standard InChI is InChI=1S/C23H30N2O5S/c1-17-14-18(2)16-25(15-17)31(27,28)20-10-8-19(9-11-20)23(26)24-12-13-30-22-7-5-4-6-21(22)29-3/h4-11,17-18H,12-16H2,1-3H3,(H,24,26). The molecule has 2 aromatic carbocycles. The fraction of sp³-hybridized carbons (Fsp3) is 0.435. The van der Waals surface area contributed by atoms with Crippen LogP contribution in [0.15, 0.2) is 53.4 Å². The van der Waals surface area contributed by atoms with Crippen LogP contribution < -0.4 is 14.8 Å². The Hall–Kier alpha value is -2.58. The molecule has 0 radical (unpaired) electrons. The van der Waals surface area contributed by atoms with Gasteiger partial charge in [0.25, 0.3) is 5.91 Å². The number of hydrogen-bond acceptors (Lipinski definition) is 5. The quantitative estimate of drug-likeness (QED) is 0.630. The normalized spacial score (nSPS) is 19.6. The Labute approximate surface area is 184 Å². The van der Waals surface area contributed by atoms with Crippen LogP contribution in [0.3, 0.4) is 0 Å². The Morgan fingerprint density at radius 3 is 2.26 bits per heavy atom. The second kappa shape index (κ2) is 10.2. The van der Waals surface area contributed by atoms with E-state index in [1.54, 1.807) is 35.7 Å². The zero-order valence-corrected chi connectivity index (χ0v) is 19.0. The molecule has 8 heteroatoms. The number of para-hydroxylation sites is 2. The zero-order chi connectivity index (χ0) is 22.4. The summed E-state index contributed by atoms with van der Waals surface area (Å²) < 4.78 is 38.3. The van der Waals surface area contributed by atoms with E-state index < -0.39 is 10.0 Å². The van der Waals surface area contributed by atoms with E-state index in [0.717, 1.165) is 6.42 Å². The van der Waals surface area contributed by atoms with E-state index >= 15 is 0 Å². The molecule has 2 aromatic rings. The third-order valence-electron chi connectivity index (χ3n) is 5.30. The Morgan fingerprint density at radius 1 is 1.03 bits per heavy atom. The second-order valence-electron chi connectivity index (χ2n) is 8.05. The number of carbonyl (C=O) groups is 1. The fourth-order valence-electron chi connectivity index (χ4n) is 3.90. The molecule has 31 heavy (non-hydrogen) atoms. The number of rotatable bonds is 8. The lowest BCUT2D eigenvalue weighted by atomic mass is 9.94. The smallest absolute Gasteiger partial charge is 0.251 e. The van der Waals surface area contributed by atoms with Gasteiger partial charge in [0, 0.05) is 18.7 Å². The minimum Gasteiger partial charge on any atom is -0.493 e. The largest absolute Gasteiger partial charge is 0.493 e. The van der Waals surface area contributed by atoms with Gasteiger partial charge in [-0.2, -0.15) is 4.31 Å². The van der Waals surface area contributed by atoms with Crippen molar-refractivity contribution < 1.29 is 22.7 Å². The first-order valence-electron chi connectivity index (χ1n) is 10.5. The van der Waals surface area contributed by atoms with Crippen LogP contribution in [0.5, 0.6) is 11.5 Å². The Bertz CT molecular complexity index is 981. The van der Waals surface area contributed by atoms with Crippen LogP contribution >= 0.6 is 0 Å². The van der Waals surface area contributed by atoms with Crippen LogP contribution in [0.1, 0.15) is 30.6 Å². The molecule has 7 nitrogen and oxygen atoms in total. The lowest BCUT2D eigenvalue weighted by Crippen LogP contribution is -2.42. The third kappa shape index (κ3) is 5.77. The van der Waals surface area contributed by atoms with E-state index in [1.165, 1.54) is 12.1 Å². The number of methoxy groups -OCH3 is 1. The van der Waals surface area contributed by atoms with Gasteiger partial charge in [-0.05, 0) is 54.7 Å². The van der Waals surface area contributed by atoms with Crippen molar-refractivity contribution in [2.24, 2.45) is 11.8 Å². The first kappa shape index (κ1) is 23.1. The van der Waals surface area contributed by atoms with Crippen molar-refractivity contribution in [1.29, 1.82) is 0 Å². The molecule has 0 aromatic heterocycles.